The van der Waals surface area contributed by atoms with Crippen LogP contribution in [-0.2, 0) is 15.0 Å². The van der Waals surface area contributed by atoms with Gasteiger partial charge in [0, 0.05) is 6.20 Å². The number of halogens is 1. The Kier molecular flexibility index (Phi) is 3.83. The molecular formula is C15H10FN3O4S. The Morgan fingerprint density at radius 2 is 2.04 bits per heavy atom. The van der Waals surface area contributed by atoms with Crippen LogP contribution >= 0.6 is 0 Å². The van der Waals surface area contributed by atoms with Crippen molar-refractivity contribution in [3.63, 3.8) is 0 Å². The number of aromatic hydroxyl groups is 1. The number of nitrogens with zero attached hydrogens (tertiary/aromatic N) is 2. The maximum Gasteiger partial charge on any atom is 0.326 e. The fourth-order valence-electron chi connectivity index (χ4n) is 2.10. The van der Waals surface area contributed by atoms with Crippen molar-refractivity contribution in [1.82, 2.24) is 9.71 Å². The number of carbonyl (C=O) groups excluding carboxylic acids is 1. The molecule has 0 spiro atoms. The zero-order valence-electron chi connectivity index (χ0n) is 12.0. The van der Waals surface area contributed by atoms with Gasteiger partial charge in [-0.25, -0.2) is 18.4 Å². The van der Waals surface area contributed by atoms with Gasteiger partial charge in [-0.3, -0.25) is 4.79 Å². The van der Waals surface area contributed by atoms with Crippen molar-refractivity contribution < 1.29 is 22.7 Å². The average molecular weight is 347 g/mol. The molecule has 0 aliphatic carbocycles. The van der Waals surface area contributed by atoms with Gasteiger partial charge < -0.3 is 5.11 Å². The first kappa shape index (κ1) is 15.8. The molecule has 1 aromatic heterocycles. The third kappa shape index (κ3) is 2.87. The number of anilines is 1. The maximum atomic E-state index is 14.6. The number of pyridine rings is 1. The molecular weight excluding hydrogens is 337 g/mol. The molecule has 2 N–H and O–H groups in total. The van der Waals surface area contributed by atoms with Crippen molar-refractivity contribution in [1.29, 1.82) is 0 Å². The molecule has 9 heteroatoms. The highest BCUT2D eigenvalue weighted by Crippen LogP contribution is 2.34. The highest BCUT2D eigenvalue weighted by atomic mass is 32.2. The molecule has 2 aromatic rings. The van der Waals surface area contributed by atoms with Crippen LogP contribution in [0.15, 0.2) is 36.5 Å². The Morgan fingerprint density at radius 3 is 2.67 bits per heavy atom. The van der Waals surface area contributed by atoms with E-state index in [2.05, 4.69) is 16.8 Å². The number of aromatic nitrogens is 1. The monoisotopic (exact) mass is 347 g/mol. The van der Waals surface area contributed by atoms with Gasteiger partial charge in [0.05, 0.1) is 5.56 Å². The molecule has 122 valence electrons. The SMILES string of the molecule is O=C1CN(c2c(O)ccc(C#Cc3ccccn3)c2F)S(=O)(=O)N1. The first-order valence-electron chi connectivity index (χ1n) is 6.66. The number of hydrogen-bond donors (Lipinski definition) is 2. The second-order valence-corrected chi connectivity index (χ2v) is 6.39. The summed E-state index contributed by atoms with van der Waals surface area (Å²) < 4.78 is 40.5. The quantitative estimate of drug-likeness (QED) is 0.732. The maximum absolute atomic E-state index is 14.6. The van der Waals surface area contributed by atoms with E-state index >= 15 is 0 Å². The van der Waals surface area contributed by atoms with E-state index in [-0.39, 0.29) is 5.56 Å². The van der Waals surface area contributed by atoms with E-state index in [1.165, 1.54) is 12.3 Å². The van der Waals surface area contributed by atoms with E-state index in [1.807, 2.05) is 0 Å². The number of phenolic OH excluding ortho intramolecular Hbond substituents is 1. The number of benzene rings is 1. The number of phenols is 1. The van der Waals surface area contributed by atoms with E-state index < -0.39 is 39.9 Å². The van der Waals surface area contributed by atoms with Crippen LogP contribution in [0.3, 0.4) is 0 Å². The van der Waals surface area contributed by atoms with Gasteiger partial charge in [-0.2, -0.15) is 8.42 Å². The largest absolute Gasteiger partial charge is 0.506 e. The van der Waals surface area contributed by atoms with Crippen molar-refractivity contribution in [2.24, 2.45) is 0 Å². The van der Waals surface area contributed by atoms with Crippen molar-refractivity contribution in [3.05, 3.63) is 53.6 Å². The van der Waals surface area contributed by atoms with Gasteiger partial charge in [0.25, 0.3) is 5.91 Å². The Labute approximate surface area is 136 Å². The van der Waals surface area contributed by atoms with E-state index in [1.54, 1.807) is 22.9 Å². The van der Waals surface area contributed by atoms with E-state index in [0.29, 0.717) is 10.00 Å². The minimum absolute atomic E-state index is 0.136. The number of hydrogen-bond acceptors (Lipinski definition) is 5. The Hall–Kier alpha value is -3.12. The van der Waals surface area contributed by atoms with Gasteiger partial charge in [-0.05, 0) is 30.2 Å². The highest BCUT2D eigenvalue weighted by Gasteiger charge is 2.37. The van der Waals surface area contributed by atoms with Crippen LogP contribution in [0.2, 0.25) is 0 Å². The van der Waals surface area contributed by atoms with Crippen LogP contribution in [-0.4, -0.2) is 31.0 Å². The third-order valence-electron chi connectivity index (χ3n) is 3.15. The molecule has 1 aliphatic rings. The molecule has 24 heavy (non-hydrogen) atoms. The predicted octanol–water partition coefficient (Wildman–Crippen LogP) is 0.507. The Bertz CT molecular complexity index is 981. The lowest BCUT2D eigenvalue weighted by Crippen LogP contribution is -2.30. The molecule has 0 saturated carbocycles. The van der Waals surface area contributed by atoms with E-state index in [0.717, 1.165) is 6.07 Å². The van der Waals surface area contributed by atoms with Gasteiger partial charge in [-0.15, -0.1) is 0 Å². The van der Waals surface area contributed by atoms with Crippen molar-refractivity contribution >= 4 is 21.8 Å². The van der Waals surface area contributed by atoms with Gasteiger partial charge in [0.1, 0.15) is 23.7 Å². The average Bonchev–Trinajstić information content (AvgIpc) is 2.80. The van der Waals surface area contributed by atoms with Crippen molar-refractivity contribution in [2.75, 3.05) is 10.8 Å². The minimum Gasteiger partial charge on any atom is -0.506 e. The van der Waals surface area contributed by atoms with E-state index in [4.69, 9.17) is 0 Å². The minimum atomic E-state index is -4.24. The lowest BCUT2D eigenvalue weighted by molar-refractivity contribution is -0.117. The normalized spacial score (nSPS) is 15.5. The molecule has 0 bridgehead atoms. The zero-order valence-corrected chi connectivity index (χ0v) is 12.8. The molecule has 1 aliphatic heterocycles. The van der Waals surface area contributed by atoms with Crippen LogP contribution in [0.4, 0.5) is 10.1 Å². The highest BCUT2D eigenvalue weighted by molar-refractivity contribution is 7.92. The summed E-state index contributed by atoms with van der Waals surface area (Å²) in [5.41, 5.74) is -0.360. The molecule has 0 atom stereocenters. The van der Waals surface area contributed by atoms with Gasteiger partial charge in [0.15, 0.2) is 5.82 Å². The first-order chi connectivity index (χ1) is 11.4. The van der Waals surface area contributed by atoms with Crippen LogP contribution in [0.25, 0.3) is 0 Å². The number of amides is 1. The first-order valence-corrected chi connectivity index (χ1v) is 8.10. The smallest absolute Gasteiger partial charge is 0.326 e. The molecule has 0 unspecified atom stereocenters. The molecule has 1 fully saturated rings. The van der Waals surface area contributed by atoms with Crippen LogP contribution in [0, 0.1) is 17.7 Å². The topological polar surface area (TPSA) is 99.6 Å². The Morgan fingerprint density at radius 1 is 1.25 bits per heavy atom. The second-order valence-electron chi connectivity index (χ2n) is 4.80. The summed E-state index contributed by atoms with van der Waals surface area (Å²) >= 11 is 0. The fraction of sp³-hybridized carbons (Fsp3) is 0.0667. The number of nitrogens with one attached hydrogen (secondary N) is 1. The summed E-state index contributed by atoms with van der Waals surface area (Å²) in [6, 6.07) is 7.36. The molecule has 3 rings (SSSR count). The van der Waals surface area contributed by atoms with Crippen LogP contribution < -0.4 is 9.03 Å². The van der Waals surface area contributed by atoms with Crippen LogP contribution in [0.5, 0.6) is 5.75 Å². The summed E-state index contributed by atoms with van der Waals surface area (Å²) in [4.78, 5) is 15.3. The molecule has 1 aromatic carbocycles. The summed E-state index contributed by atoms with van der Waals surface area (Å²) in [5, 5.41) is 9.83. The molecule has 7 nitrogen and oxygen atoms in total. The summed E-state index contributed by atoms with van der Waals surface area (Å²) in [7, 11) is -4.24. The summed E-state index contributed by atoms with van der Waals surface area (Å²) in [6.07, 6.45) is 1.52. The number of carbonyl (C=O) groups is 1. The van der Waals surface area contributed by atoms with E-state index in [9.17, 15) is 22.7 Å². The lowest BCUT2D eigenvalue weighted by Gasteiger charge is -2.17. The zero-order chi connectivity index (χ0) is 17.3. The summed E-state index contributed by atoms with van der Waals surface area (Å²) in [5.74, 6) is 2.69. The van der Waals surface area contributed by atoms with Gasteiger partial charge in [0.2, 0.25) is 0 Å². The fourth-order valence-corrected chi connectivity index (χ4v) is 3.27. The second kappa shape index (κ2) is 5.82. The molecule has 1 saturated heterocycles. The van der Waals surface area contributed by atoms with Gasteiger partial charge >= 0.3 is 10.2 Å². The Balaban J connectivity index is 2.07. The molecule has 2 heterocycles. The van der Waals surface area contributed by atoms with Crippen molar-refractivity contribution in [3.8, 4) is 17.6 Å². The van der Waals surface area contributed by atoms with Crippen molar-refractivity contribution in [2.45, 2.75) is 0 Å². The summed E-state index contributed by atoms with van der Waals surface area (Å²) in [6.45, 7) is -0.621. The van der Waals surface area contributed by atoms with Gasteiger partial charge in [-0.1, -0.05) is 12.0 Å². The molecule has 0 radical (unpaired) electrons. The lowest BCUT2D eigenvalue weighted by atomic mass is 10.1. The standard InChI is InChI=1S/C15H10FN3O4S/c16-14-10(4-6-11-3-1-2-8-17-11)5-7-12(20)15(14)19-9-13(21)18-24(19,22)23/h1-3,5,7-8,20H,9H2,(H,18,21). The molecule has 1 amide bonds. The van der Waals surface area contributed by atoms with Crippen LogP contribution in [0.1, 0.15) is 11.3 Å². The number of rotatable bonds is 1. The predicted molar refractivity (Wildman–Crippen MR) is 82.7 cm³/mol. The third-order valence-corrected chi connectivity index (χ3v) is 4.53.